The Kier molecular flexibility index (Phi) is 9.39. The Morgan fingerprint density at radius 1 is 1.17 bits per heavy atom. The Morgan fingerprint density at radius 2 is 1.79 bits per heavy atom. The smallest absolute Gasteiger partial charge is 0.216 e. The van der Waals surface area contributed by atoms with Gasteiger partial charge < -0.3 is 15.5 Å². The summed E-state index contributed by atoms with van der Waals surface area (Å²) in [4.78, 5) is 6.86. The number of benzene rings is 1. The zero-order valence-corrected chi connectivity index (χ0v) is 19.1. The molecule has 0 amide bonds. The summed E-state index contributed by atoms with van der Waals surface area (Å²) < 4.78 is 26.7. The Morgan fingerprint density at radius 3 is 2.34 bits per heavy atom. The van der Waals surface area contributed by atoms with Crippen LogP contribution >= 0.6 is 0 Å². The van der Waals surface area contributed by atoms with Crippen LogP contribution in [-0.4, -0.2) is 58.0 Å². The average Bonchev–Trinajstić information content (AvgIpc) is 2.66. The first-order valence-electron chi connectivity index (χ1n) is 10.6. The van der Waals surface area contributed by atoms with E-state index in [1.807, 2.05) is 38.1 Å². The van der Waals surface area contributed by atoms with Crippen molar-refractivity contribution in [3.8, 4) is 0 Å². The van der Waals surface area contributed by atoms with E-state index in [9.17, 15) is 8.42 Å². The average molecular weight is 424 g/mol. The minimum atomic E-state index is -3.30. The van der Waals surface area contributed by atoms with E-state index in [0.717, 1.165) is 43.0 Å². The van der Waals surface area contributed by atoms with Crippen LogP contribution < -0.4 is 15.4 Å². The van der Waals surface area contributed by atoms with Gasteiger partial charge in [-0.1, -0.05) is 31.2 Å². The van der Waals surface area contributed by atoms with Gasteiger partial charge in [0.15, 0.2) is 5.96 Å². The lowest BCUT2D eigenvalue weighted by Crippen LogP contribution is -2.48. The predicted molar refractivity (Wildman–Crippen MR) is 120 cm³/mol. The molecule has 0 saturated carbocycles. The summed E-state index contributed by atoms with van der Waals surface area (Å²) in [7, 11) is -1.51. The van der Waals surface area contributed by atoms with Gasteiger partial charge >= 0.3 is 0 Å². The largest absolute Gasteiger partial charge is 0.354 e. The molecule has 3 N–H and O–H groups in total. The van der Waals surface area contributed by atoms with E-state index >= 15 is 0 Å². The Hall–Kier alpha value is -1.64. The van der Waals surface area contributed by atoms with E-state index in [2.05, 4.69) is 32.2 Å². The monoisotopic (exact) mass is 423 g/mol. The number of rotatable bonds is 9. The summed E-state index contributed by atoms with van der Waals surface area (Å²) >= 11 is 0. The molecule has 29 heavy (non-hydrogen) atoms. The third kappa shape index (κ3) is 8.72. The molecule has 1 saturated heterocycles. The first-order chi connectivity index (χ1) is 13.8. The van der Waals surface area contributed by atoms with Crippen LogP contribution in [0.15, 0.2) is 29.3 Å². The lowest BCUT2D eigenvalue weighted by Gasteiger charge is -2.32. The molecule has 1 fully saturated rings. The number of nitrogens with one attached hydrogen (secondary N) is 3. The van der Waals surface area contributed by atoms with Crippen molar-refractivity contribution in [3.63, 3.8) is 0 Å². The van der Waals surface area contributed by atoms with Gasteiger partial charge in [0.1, 0.15) is 0 Å². The molecule has 1 aromatic carbocycles. The van der Waals surface area contributed by atoms with Crippen molar-refractivity contribution in [2.24, 2.45) is 4.99 Å². The molecule has 0 aliphatic carbocycles. The molecule has 0 bridgehead atoms. The number of hydrogen-bond acceptors (Lipinski definition) is 4. The summed E-state index contributed by atoms with van der Waals surface area (Å²) in [5.74, 6) is 0.811. The van der Waals surface area contributed by atoms with Crippen molar-refractivity contribution < 1.29 is 8.42 Å². The first-order valence-corrected chi connectivity index (χ1v) is 12.2. The molecular weight excluding hydrogens is 386 g/mol. The maximum atomic E-state index is 12.0. The Balaban J connectivity index is 1.79. The van der Waals surface area contributed by atoms with E-state index in [-0.39, 0.29) is 11.8 Å². The number of likely N-dealkylation sites (tertiary alicyclic amines) is 1. The third-order valence-corrected chi connectivity index (χ3v) is 6.49. The zero-order chi connectivity index (χ0) is 21.3. The Labute approximate surface area is 176 Å². The Bertz CT molecular complexity index is 739. The van der Waals surface area contributed by atoms with Gasteiger partial charge in [0.2, 0.25) is 10.0 Å². The fourth-order valence-corrected chi connectivity index (χ4v) is 5.00. The fraction of sp³-hybridized carbons (Fsp3) is 0.667. The second-order valence-corrected chi connectivity index (χ2v) is 9.79. The zero-order valence-electron chi connectivity index (χ0n) is 18.2. The molecule has 1 aromatic rings. The SMILES string of the molecule is CCCN1CCC(NC(=NC)NCc2ccc(CS(=O)(=O)NC(C)C)cc2)CC1. The van der Waals surface area contributed by atoms with Crippen LogP contribution in [0.25, 0.3) is 0 Å². The summed E-state index contributed by atoms with van der Waals surface area (Å²) in [5, 5.41) is 6.88. The minimum Gasteiger partial charge on any atom is -0.354 e. The highest BCUT2D eigenvalue weighted by Gasteiger charge is 2.19. The van der Waals surface area contributed by atoms with Crippen LogP contribution in [0.2, 0.25) is 0 Å². The van der Waals surface area contributed by atoms with E-state index in [1.54, 1.807) is 7.05 Å². The second kappa shape index (κ2) is 11.5. The van der Waals surface area contributed by atoms with Crippen LogP contribution in [0.4, 0.5) is 0 Å². The molecule has 2 rings (SSSR count). The maximum Gasteiger partial charge on any atom is 0.216 e. The van der Waals surface area contributed by atoms with Crippen molar-refractivity contribution in [2.45, 2.75) is 64.4 Å². The molecular formula is C21H37N5O2S. The highest BCUT2D eigenvalue weighted by Crippen LogP contribution is 2.11. The molecule has 0 aromatic heterocycles. The van der Waals surface area contributed by atoms with Gasteiger partial charge in [-0.25, -0.2) is 13.1 Å². The van der Waals surface area contributed by atoms with Crippen LogP contribution in [0.3, 0.4) is 0 Å². The molecule has 8 heteroatoms. The first kappa shape index (κ1) is 23.6. The quantitative estimate of drug-likeness (QED) is 0.418. The molecule has 1 aliphatic rings. The van der Waals surface area contributed by atoms with Gasteiger partial charge in [0, 0.05) is 38.8 Å². The van der Waals surface area contributed by atoms with E-state index < -0.39 is 10.0 Å². The number of hydrogen-bond donors (Lipinski definition) is 3. The molecule has 0 radical (unpaired) electrons. The van der Waals surface area contributed by atoms with Crippen molar-refractivity contribution in [2.75, 3.05) is 26.7 Å². The standard InChI is InChI=1S/C21H37N5O2S/c1-5-12-26-13-10-20(11-14-26)24-21(22-4)23-15-18-6-8-19(9-7-18)16-29(27,28)25-17(2)3/h6-9,17,20,25H,5,10-16H2,1-4H3,(H2,22,23,24). The number of piperidine rings is 1. The summed E-state index contributed by atoms with van der Waals surface area (Å²) in [5.41, 5.74) is 1.87. The molecule has 0 unspecified atom stereocenters. The normalized spacial score (nSPS) is 16.9. The fourth-order valence-electron chi connectivity index (χ4n) is 3.56. The lowest BCUT2D eigenvalue weighted by molar-refractivity contribution is 0.206. The number of aliphatic imine (C=N–C) groups is 1. The summed E-state index contributed by atoms with van der Waals surface area (Å²) in [6.07, 6.45) is 3.48. The third-order valence-electron chi connectivity index (χ3n) is 4.95. The molecule has 1 aliphatic heterocycles. The van der Waals surface area contributed by atoms with E-state index in [0.29, 0.717) is 12.6 Å². The minimum absolute atomic E-state index is 0.00115. The van der Waals surface area contributed by atoms with Gasteiger partial charge in [-0.2, -0.15) is 0 Å². The number of guanidine groups is 1. The van der Waals surface area contributed by atoms with Crippen molar-refractivity contribution >= 4 is 16.0 Å². The van der Waals surface area contributed by atoms with Gasteiger partial charge in [-0.3, -0.25) is 4.99 Å². The molecule has 7 nitrogen and oxygen atoms in total. The van der Waals surface area contributed by atoms with Crippen molar-refractivity contribution in [3.05, 3.63) is 35.4 Å². The number of sulfonamides is 1. The van der Waals surface area contributed by atoms with Crippen LogP contribution in [0.5, 0.6) is 0 Å². The highest BCUT2D eigenvalue weighted by atomic mass is 32.2. The molecule has 1 heterocycles. The predicted octanol–water partition coefficient (Wildman–Crippen LogP) is 2.05. The summed E-state index contributed by atoms with van der Waals surface area (Å²) in [6.45, 7) is 9.97. The maximum absolute atomic E-state index is 12.0. The van der Waals surface area contributed by atoms with Crippen LogP contribution in [-0.2, 0) is 22.3 Å². The van der Waals surface area contributed by atoms with Crippen LogP contribution in [0, 0.1) is 0 Å². The highest BCUT2D eigenvalue weighted by molar-refractivity contribution is 7.88. The van der Waals surface area contributed by atoms with E-state index in [4.69, 9.17) is 0 Å². The van der Waals surface area contributed by atoms with Crippen LogP contribution in [0.1, 0.15) is 51.2 Å². The van der Waals surface area contributed by atoms with Gasteiger partial charge in [-0.05, 0) is 50.8 Å². The topological polar surface area (TPSA) is 85.8 Å². The summed E-state index contributed by atoms with van der Waals surface area (Å²) in [6, 6.07) is 8.02. The van der Waals surface area contributed by atoms with Crippen molar-refractivity contribution in [1.29, 1.82) is 0 Å². The van der Waals surface area contributed by atoms with Gasteiger partial charge in [0.05, 0.1) is 5.75 Å². The number of nitrogens with zero attached hydrogens (tertiary/aromatic N) is 2. The molecule has 0 atom stereocenters. The van der Waals surface area contributed by atoms with E-state index in [1.165, 1.54) is 13.0 Å². The molecule has 164 valence electrons. The van der Waals surface area contributed by atoms with Gasteiger partial charge in [-0.15, -0.1) is 0 Å². The second-order valence-electron chi connectivity index (χ2n) is 8.03. The molecule has 0 spiro atoms. The van der Waals surface area contributed by atoms with Gasteiger partial charge in [0.25, 0.3) is 0 Å². The lowest BCUT2D eigenvalue weighted by atomic mass is 10.1. The van der Waals surface area contributed by atoms with Crippen molar-refractivity contribution in [1.82, 2.24) is 20.3 Å².